The van der Waals surface area contributed by atoms with Crippen LogP contribution in [0, 0.1) is 68.0 Å². The highest BCUT2D eigenvalue weighted by atomic mass is 19.4. The molecule has 0 aliphatic heterocycles. The lowest BCUT2D eigenvalue weighted by Gasteiger charge is -2.27. The third-order valence-corrected chi connectivity index (χ3v) is 9.71. The summed E-state index contributed by atoms with van der Waals surface area (Å²) in [7, 11) is 0. The first-order chi connectivity index (χ1) is 28.5. The zero-order valence-corrected chi connectivity index (χ0v) is 29.8. The van der Waals surface area contributed by atoms with Crippen LogP contribution in [-0.4, -0.2) is 12.7 Å². The zero-order valence-electron chi connectivity index (χ0n) is 29.8. The largest absolute Gasteiger partial charge is 0.573 e. The Labute approximate surface area is 333 Å². The van der Waals surface area contributed by atoms with Crippen LogP contribution in [0.25, 0.3) is 33.4 Å². The standard InChI is InChI=1S/C44H16F8N6O2/c45-41-31(19-57)37-33(25-1-5-29(6-2-25)59-43(47,48)49)38-32(20-58)42(46)36(28-13-23(17-55)10-24(14-28)18-56)40(38)34(26-3-7-30(8-4-26)60-44(50,51)52)39(37)35(41)27-11-21(15-53)9-22(12-27)16-54/h1-14,35-36H. The van der Waals surface area contributed by atoms with Crippen molar-refractivity contribution in [1.82, 2.24) is 0 Å². The van der Waals surface area contributed by atoms with E-state index in [-0.39, 0.29) is 77.9 Å². The van der Waals surface area contributed by atoms with Gasteiger partial charge in [0, 0.05) is 11.1 Å². The maximum atomic E-state index is 17.3. The molecule has 7 rings (SSSR count). The minimum atomic E-state index is -5.12. The average Bonchev–Trinajstić information content (AvgIpc) is 3.67. The first-order valence-electron chi connectivity index (χ1n) is 17.0. The summed E-state index contributed by atoms with van der Waals surface area (Å²) in [6.45, 7) is 0. The van der Waals surface area contributed by atoms with Gasteiger partial charge in [-0.1, -0.05) is 24.3 Å². The first-order valence-corrected chi connectivity index (χ1v) is 17.0. The maximum absolute atomic E-state index is 17.3. The van der Waals surface area contributed by atoms with Gasteiger partial charge in [-0.25, -0.2) is 8.78 Å². The van der Waals surface area contributed by atoms with Crippen molar-refractivity contribution in [2.24, 2.45) is 0 Å². The van der Waals surface area contributed by atoms with Crippen molar-refractivity contribution < 1.29 is 44.6 Å². The molecule has 60 heavy (non-hydrogen) atoms. The summed E-state index contributed by atoms with van der Waals surface area (Å²) in [5.41, 5.74) is -3.39. The molecular formula is C44H16F8N6O2. The minimum absolute atomic E-state index is 0.0413. The lowest BCUT2D eigenvalue weighted by molar-refractivity contribution is -0.275. The Hall–Kier alpha value is -8.44. The molecule has 2 unspecified atom stereocenters. The molecule has 8 nitrogen and oxygen atoms in total. The van der Waals surface area contributed by atoms with Gasteiger partial charge in [-0.15, -0.1) is 26.3 Å². The Kier molecular flexibility index (Phi) is 9.82. The molecule has 0 heterocycles. The number of benzene rings is 5. The molecule has 5 aromatic rings. The average molecular weight is 813 g/mol. The van der Waals surface area contributed by atoms with Gasteiger partial charge in [0.25, 0.3) is 0 Å². The van der Waals surface area contributed by atoms with Crippen LogP contribution in [-0.2, 0) is 0 Å². The molecule has 0 N–H and O–H groups in total. The lowest BCUT2D eigenvalue weighted by atomic mass is 9.75. The Morgan fingerprint density at radius 2 is 0.733 bits per heavy atom. The van der Waals surface area contributed by atoms with Gasteiger partial charge in [0.15, 0.2) is 0 Å². The molecule has 2 aliphatic carbocycles. The number of fused-ring (bicyclic) bond motifs is 2. The number of ether oxygens (including phenoxy) is 2. The monoisotopic (exact) mass is 812 g/mol. The Balaban J connectivity index is 1.71. The molecule has 2 aliphatic rings. The molecule has 290 valence electrons. The fourth-order valence-electron chi connectivity index (χ4n) is 7.65. The smallest absolute Gasteiger partial charge is 0.406 e. The lowest BCUT2D eigenvalue weighted by Crippen LogP contribution is -2.17. The van der Waals surface area contributed by atoms with Crippen LogP contribution < -0.4 is 9.47 Å². The Bertz CT molecular complexity index is 2790. The third kappa shape index (κ3) is 6.96. The van der Waals surface area contributed by atoms with Crippen molar-refractivity contribution in [2.45, 2.75) is 24.6 Å². The number of hydrogen-bond donors (Lipinski definition) is 0. The van der Waals surface area contributed by atoms with E-state index < -0.39 is 58.9 Å². The van der Waals surface area contributed by atoms with Crippen molar-refractivity contribution in [3.63, 3.8) is 0 Å². The van der Waals surface area contributed by atoms with Gasteiger partial charge in [-0.3, -0.25) is 0 Å². The van der Waals surface area contributed by atoms with E-state index >= 15 is 8.78 Å². The highest BCUT2D eigenvalue weighted by Gasteiger charge is 2.47. The van der Waals surface area contributed by atoms with E-state index in [1.54, 1.807) is 12.1 Å². The number of nitrogens with zero attached hydrogens (tertiary/aromatic N) is 6. The Morgan fingerprint density at radius 1 is 0.417 bits per heavy atom. The normalized spacial score (nSPS) is 15.4. The van der Waals surface area contributed by atoms with Gasteiger partial charge in [-0.05, 0) is 105 Å². The highest BCUT2D eigenvalue weighted by Crippen LogP contribution is 2.61. The molecular weight excluding hydrogens is 797 g/mol. The van der Waals surface area contributed by atoms with E-state index in [0.29, 0.717) is 0 Å². The van der Waals surface area contributed by atoms with Gasteiger partial charge in [0.2, 0.25) is 0 Å². The molecule has 0 fully saturated rings. The summed E-state index contributed by atoms with van der Waals surface area (Å²) in [6, 6.07) is 26.4. The number of halogens is 8. The molecule has 5 aromatic carbocycles. The molecule has 2 atom stereocenters. The molecule has 0 saturated heterocycles. The van der Waals surface area contributed by atoms with Crippen molar-refractivity contribution >= 4 is 11.1 Å². The van der Waals surface area contributed by atoms with Gasteiger partial charge < -0.3 is 9.47 Å². The van der Waals surface area contributed by atoms with E-state index in [2.05, 4.69) is 9.47 Å². The predicted molar refractivity (Wildman–Crippen MR) is 193 cm³/mol. The molecule has 0 bridgehead atoms. The second-order valence-electron chi connectivity index (χ2n) is 13.1. The van der Waals surface area contributed by atoms with Crippen LogP contribution in [0.15, 0.2) is 96.6 Å². The number of allylic oxidation sites excluding steroid dienone is 4. The van der Waals surface area contributed by atoms with Gasteiger partial charge in [0.1, 0.15) is 35.3 Å². The van der Waals surface area contributed by atoms with Crippen LogP contribution in [0.2, 0.25) is 0 Å². The van der Waals surface area contributed by atoms with Crippen molar-refractivity contribution in [2.75, 3.05) is 0 Å². The van der Waals surface area contributed by atoms with E-state index in [1.165, 1.54) is 36.4 Å². The Morgan fingerprint density at radius 3 is 1.02 bits per heavy atom. The summed E-state index contributed by atoms with van der Waals surface area (Å²) in [4.78, 5) is 0. The first kappa shape index (κ1) is 39.8. The van der Waals surface area contributed by atoms with Crippen molar-refractivity contribution in [3.8, 4) is 70.2 Å². The molecule has 0 spiro atoms. The summed E-state index contributed by atoms with van der Waals surface area (Å²) in [5.74, 6) is -7.14. The van der Waals surface area contributed by atoms with E-state index in [1.807, 2.05) is 24.3 Å². The van der Waals surface area contributed by atoms with E-state index in [4.69, 9.17) is 0 Å². The van der Waals surface area contributed by atoms with Crippen LogP contribution in [0.1, 0.15) is 67.5 Å². The SMILES string of the molecule is N#CC1=C(F)C(c2cc(C#N)cc(C#N)c2)c2c1c(-c1ccc(OC(F)(F)F)cc1)c1c(c2-c2ccc(OC(F)(F)F)cc2)C(c2cc(C#N)cc(C#N)c2)C(F)=C1C#N. The number of alkyl halides is 6. The topological polar surface area (TPSA) is 161 Å². The predicted octanol–water partition coefficient (Wildman–Crippen LogP) is 11.0. The van der Waals surface area contributed by atoms with Crippen molar-refractivity contribution in [1.29, 1.82) is 31.6 Å². The molecule has 0 aromatic heterocycles. The summed E-state index contributed by atoms with van der Waals surface area (Å²) in [5, 5.41) is 60.7. The molecule has 16 heteroatoms. The van der Waals surface area contributed by atoms with Crippen molar-refractivity contribution in [3.05, 3.63) is 152 Å². The molecule has 0 amide bonds. The molecule has 0 radical (unpaired) electrons. The summed E-state index contributed by atoms with van der Waals surface area (Å²) in [6.07, 6.45) is -10.2. The van der Waals surface area contributed by atoms with Crippen LogP contribution >= 0.6 is 0 Å². The third-order valence-electron chi connectivity index (χ3n) is 9.71. The van der Waals surface area contributed by atoms with E-state index in [0.717, 1.165) is 48.5 Å². The fraction of sp³-hybridized carbons (Fsp3) is 0.0909. The van der Waals surface area contributed by atoms with Crippen LogP contribution in [0.4, 0.5) is 35.1 Å². The maximum Gasteiger partial charge on any atom is 0.573 e. The highest BCUT2D eigenvalue weighted by molar-refractivity contribution is 6.07. The minimum Gasteiger partial charge on any atom is -0.406 e. The number of nitriles is 6. The van der Waals surface area contributed by atoms with Gasteiger partial charge in [-0.2, -0.15) is 31.6 Å². The second-order valence-corrected chi connectivity index (χ2v) is 13.1. The molecule has 0 saturated carbocycles. The quantitative estimate of drug-likeness (QED) is 0.153. The van der Waals surface area contributed by atoms with Gasteiger partial charge in [0.05, 0.1) is 69.5 Å². The summed E-state index contributed by atoms with van der Waals surface area (Å²) < 4.78 is 122. The zero-order chi connectivity index (χ0) is 43.3. The number of hydrogen-bond acceptors (Lipinski definition) is 8. The van der Waals surface area contributed by atoms with E-state index in [9.17, 15) is 57.9 Å². The van der Waals surface area contributed by atoms with Gasteiger partial charge >= 0.3 is 12.7 Å². The van der Waals surface area contributed by atoms with Crippen LogP contribution in [0.5, 0.6) is 11.5 Å². The summed E-state index contributed by atoms with van der Waals surface area (Å²) >= 11 is 0. The second kappa shape index (κ2) is 14.8. The fourth-order valence-corrected chi connectivity index (χ4v) is 7.65. The van der Waals surface area contributed by atoms with Crippen LogP contribution in [0.3, 0.4) is 0 Å². The number of rotatable bonds is 6.